The number of hydrogen-bond donors (Lipinski definition) is 0. The molecule has 3 nitrogen and oxygen atoms in total. The van der Waals surface area contributed by atoms with E-state index in [1.54, 1.807) is 0 Å². The first-order valence-electron chi connectivity index (χ1n) is 7.64. The molecular formula is C17H30O3. The predicted octanol–water partition coefficient (Wildman–Crippen LogP) is 4.31. The van der Waals surface area contributed by atoms with Gasteiger partial charge in [0.15, 0.2) is 0 Å². The lowest BCUT2D eigenvalue weighted by molar-refractivity contribution is -0.141. The van der Waals surface area contributed by atoms with E-state index in [4.69, 9.17) is 4.74 Å². The van der Waals surface area contributed by atoms with Crippen LogP contribution in [0.4, 0.5) is 0 Å². The van der Waals surface area contributed by atoms with Crippen molar-refractivity contribution >= 4 is 11.8 Å². The lowest BCUT2D eigenvalue weighted by Gasteiger charge is -2.10. The molecule has 0 aromatic carbocycles. The number of carbonyl (C=O) groups excluding carboxylic acids is 2. The zero-order valence-electron chi connectivity index (χ0n) is 13.7. The fraction of sp³-hybridized carbons (Fsp3) is 0.765. The summed E-state index contributed by atoms with van der Waals surface area (Å²) in [6, 6.07) is 0. The van der Waals surface area contributed by atoms with Gasteiger partial charge < -0.3 is 4.74 Å². The summed E-state index contributed by atoms with van der Waals surface area (Å²) in [6.45, 7) is 10.1. The van der Waals surface area contributed by atoms with Gasteiger partial charge in [-0.05, 0) is 38.5 Å². The van der Waals surface area contributed by atoms with Gasteiger partial charge in [0.05, 0.1) is 6.61 Å². The van der Waals surface area contributed by atoms with E-state index in [0.717, 1.165) is 25.7 Å². The third kappa shape index (κ3) is 10.8. The zero-order chi connectivity index (χ0) is 15.5. The summed E-state index contributed by atoms with van der Waals surface area (Å²) in [5, 5.41) is 0. The lowest BCUT2D eigenvalue weighted by atomic mass is 9.99. The van der Waals surface area contributed by atoms with Crippen molar-refractivity contribution in [1.29, 1.82) is 0 Å². The monoisotopic (exact) mass is 282 g/mol. The standard InChI is InChI=1S/C17H30O3/c1-13(2)17(19)10-9-14(3)7-6-8-15(4)11-12-20-16(5)18/h7,13,15H,6,8-12H2,1-5H3/b14-7+/t15-/m1/s1. The van der Waals surface area contributed by atoms with Crippen molar-refractivity contribution in [1.82, 2.24) is 0 Å². The van der Waals surface area contributed by atoms with Crippen LogP contribution < -0.4 is 0 Å². The molecule has 0 heterocycles. The van der Waals surface area contributed by atoms with E-state index in [2.05, 4.69) is 19.9 Å². The SMILES string of the molecule is CC(=O)OCC[C@H](C)CC/C=C(\C)CCC(=O)C(C)C. The number of allylic oxidation sites excluding steroid dienone is 2. The summed E-state index contributed by atoms with van der Waals surface area (Å²) in [6.07, 6.45) is 6.80. The van der Waals surface area contributed by atoms with E-state index < -0.39 is 0 Å². The summed E-state index contributed by atoms with van der Waals surface area (Å²) >= 11 is 0. The molecule has 0 N–H and O–H groups in total. The number of ketones is 1. The Morgan fingerprint density at radius 3 is 2.25 bits per heavy atom. The van der Waals surface area contributed by atoms with E-state index in [9.17, 15) is 9.59 Å². The zero-order valence-corrected chi connectivity index (χ0v) is 13.7. The van der Waals surface area contributed by atoms with Crippen molar-refractivity contribution in [3.8, 4) is 0 Å². The molecule has 0 bridgehead atoms. The van der Waals surface area contributed by atoms with E-state index >= 15 is 0 Å². The number of esters is 1. The highest BCUT2D eigenvalue weighted by Gasteiger charge is 2.07. The average Bonchev–Trinajstić information content (AvgIpc) is 2.35. The molecule has 1 atom stereocenters. The highest BCUT2D eigenvalue weighted by molar-refractivity contribution is 5.80. The Morgan fingerprint density at radius 2 is 1.70 bits per heavy atom. The van der Waals surface area contributed by atoms with Gasteiger partial charge in [-0.15, -0.1) is 0 Å². The summed E-state index contributed by atoms with van der Waals surface area (Å²) in [7, 11) is 0. The van der Waals surface area contributed by atoms with Crippen LogP contribution in [0.1, 0.15) is 66.7 Å². The van der Waals surface area contributed by atoms with Gasteiger partial charge in [-0.2, -0.15) is 0 Å². The molecule has 0 aliphatic carbocycles. The third-order valence-corrected chi connectivity index (χ3v) is 3.48. The third-order valence-electron chi connectivity index (χ3n) is 3.48. The van der Waals surface area contributed by atoms with Crippen molar-refractivity contribution in [2.24, 2.45) is 11.8 Å². The van der Waals surface area contributed by atoms with Gasteiger partial charge in [0.1, 0.15) is 5.78 Å². The number of carbonyl (C=O) groups is 2. The van der Waals surface area contributed by atoms with Crippen molar-refractivity contribution in [3.63, 3.8) is 0 Å². The Labute approximate surface area is 123 Å². The molecule has 0 radical (unpaired) electrons. The molecule has 0 rings (SSSR count). The Hall–Kier alpha value is -1.12. The summed E-state index contributed by atoms with van der Waals surface area (Å²) in [4.78, 5) is 22.2. The minimum Gasteiger partial charge on any atom is -0.466 e. The second-order valence-electron chi connectivity index (χ2n) is 5.98. The topological polar surface area (TPSA) is 43.4 Å². The number of rotatable bonds is 10. The molecule has 0 amide bonds. The van der Waals surface area contributed by atoms with Crippen LogP contribution in [0, 0.1) is 11.8 Å². The van der Waals surface area contributed by atoms with Gasteiger partial charge in [-0.3, -0.25) is 9.59 Å². The molecular weight excluding hydrogens is 252 g/mol. The largest absolute Gasteiger partial charge is 0.466 e. The molecule has 3 heteroatoms. The first-order valence-corrected chi connectivity index (χ1v) is 7.64. The second-order valence-corrected chi connectivity index (χ2v) is 5.98. The Balaban J connectivity index is 3.76. The second kappa shape index (κ2) is 10.6. The fourth-order valence-corrected chi connectivity index (χ4v) is 1.87. The number of hydrogen-bond acceptors (Lipinski definition) is 3. The molecule has 0 aromatic heterocycles. The van der Waals surface area contributed by atoms with E-state index in [1.165, 1.54) is 12.5 Å². The first-order chi connectivity index (χ1) is 9.32. The van der Waals surface area contributed by atoms with Crippen LogP contribution in [-0.4, -0.2) is 18.4 Å². The summed E-state index contributed by atoms with van der Waals surface area (Å²) in [5.41, 5.74) is 1.30. The van der Waals surface area contributed by atoms with Crippen LogP contribution in [0.2, 0.25) is 0 Å². The van der Waals surface area contributed by atoms with E-state index in [1.807, 2.05) is 13.8 Å². The molecule has 116 valence electrons. The van der Waals surface area contributed by atoms with Crippen molar-refractivity contribution in [2.75, 3.05) is 6.61 Å². The quantitative estimate of drug-likeness (QED) is 0.443. The van der Waals surface area contributed by atoms with Gasteiger partial charge in [-0.25, -0.2) is 0 Å². The smallest absolute Gasteiger partial charge is 0.302 e. The van der Waals surface area contributed by atoms with E-state index in [0.29, 0.717) is 24.7 Å². The van der Waals surface area contributed by atoms with Crippen LogP contribution in [-0.2, 0) is 14.3 Å². The van der Waals surface area contributed by atoms with Gasteiger partial charge in [0.2, 0.25) is 0 Å². The van der Waals surface area contributed by atoms with E-state index in [-0.39, 0.29) is 11.9 Å². The van der Waals surface area contributed by atoms with Crippen LogP contribution >= 0.6 is 0 Å². The first kappa shape index (κ1) is 18.9. The highest BCUT2D eigenvalue weighted by atomic mass is 16.5. The molecule has 0 aromatic rings. The maximum atomic E-state index is 11.5. The van der Waals surface area contributed by atoms with Crippen LogP contribution in [0.5, 0.6) is 0 Å². The van der Waals surface area contributed by atoms with Crippen molar-refractivity contribution in [3.05, 3.63) is 11.6 Å². The number of ether oxygens (including phenoxy) is 1. The Kier molecular flexibility index (Phi) is 10.0. The molecule has 0 spiro atoms. The lowest BCUT2D eigenvalue weighted by Crippen LogP contribution is -2.06. The van der Waals surface area contributed by atoms with Crippen LogP contribution in [0.15, 0.2) is 11.6 Å². The minimum absolute atomic E-state index is 0.143. The molecule has 0 saturated heterocycles. The van der Waals surface area contributed by atoms with Crippen LogP contribution in [0.3, 0.4) is 0 Å². The number of Topliss-reactive ketones (excluding diaryl/α,β-unsaturated/α-hetero) is 1. The molecule has 0 saturated carbocycles. The van der Waals surface area contributed by atoms with Crippen LogP contribution in [0.25, 0.3) is 0 Å². The average molecular weight is 282 g/mol. The molecule has 20 heavy (non-hydrogen) atoms. The molecule has 0 aliphatic heterocycles. The fourth-order valence-electron chi connectivity index (χ4n) is 1.87. The summed E-state index contributed by atoms with van der Waals surface area (Å²) < 4.78 is 4.94. The normalized spacial score (nSPS) is 13.4. The molecule has 0 aliphatic rings. The van der Waals surface area contributed by atoms with Gasteiger partial charge in [-0.1, -0.05) is 32.4 Å². The van der Waals surface area contributed by atoms with Gasteiger partial charge in [0.25, 0.3) is 0 Å². The molecule has 0 fully saturated rings. The van der Waals surface area contributed by atoms with Crippen molar-refractivity contribution < 1.29 is 14.3 Å². The minimum atomic E-state index is -0.206. The highest BCUT2D eigenvalue weighted by Crippen LogP contribution is 2.14. The molecule has 0 unspecified atom stereocenters. The maximum Gasteiger partial charge on any atom is 0.302 e. The van der Waals surface area contributed by atoms with Crippen molar-refractivity contribution in [2.45, 2.75) is 66.7 Å². The Morgan fingerprint density at radius 1 is 1.05 bits per heavy atom. The van der Waals surface area contributed by atoms with Gasteiger partial charge in [0, 0.05) is 19.3 Å². The summed E-state index contributed by atoms with van der Waals surface area (Å²) in [5.74, 6) is 0.829. The Bertz CT molecular complexity index is 329. The van der Waals surface area contributed by atoms with Gasteiger partial charge >= 0.3 is 5.97 Å². The maximum absolute atomic E-state index is 11.5. The predicted molar refractivity (Wildman–Crippen MR) is 82.5 cm³/mol.